The lowest BCUT2D eigenvalue weighted by atomic mass is 10.2. The highest BCUT2D eigenvalue weighted by Crippen LogP contribution is 2.28. The fourth-order valence-corrected chi connectivity index (χ4v) is 4.67. The Morgan fingerprint density at radius 2 is 1.69 bits per heavy atom. The molecule has 0 spiro atoms. The standard InChI is InChI=1S/C26H29N3O6S/c1-4-16-35-24-15-10-20(17-25(24)34-3)18-27-28-26(30)19-29(21-11-13-22(33-2)14-12-21)36(31,32)23-8-6-5-7-9-23/h5-15,17-18H,4,16,19H2,1-3H3,(H,28,30). The lowest BCUT2D eigenvalue weighted by molar-refractivity contribution is -0.119. The molecule has 0 unspecified atom stereocenters. The average molecular weight is 512 g/mol. The molecule has 10 heteroatoms. The van der Waals surface area contributed by atoms with Crippen LogP contribution in [0.4, 0.5) is 5.69 Å². The minimum absolute atomic E-state index is 0.0644. The zero-order chi connectivity index (χ0) is 26.0. The number of anilines is 1. The number of carbonyl (C=O) groups is 1. The van der Waals surface area contributed by atoms with Crippen molar-refractivity contribution in [3.63, 3.8) is 0 Å². The number of carbonyl (C=O) groups excluding carboxylic acids is 1. The van der Waals surface area contributed by atoms with Gasteiger partial charge >= 0.3 is 0 Å². The van der Waals surface area contributed by atoms with Gasteiger partial charge in [0.2, 0.25) is 0 Å². The van der Waals surface area contributed by atoms with Gasteiger partial charge in [-0.3, -0.25) is 9.10 Å². The van der Waals surface area contributed by atoms with Gasteiger partial charge in [0, 0.05) is 0 Å². The Labute approximate surface area is 211 Å². The van der Waals surface area contributed by atoms with Crippen molar-refractivity contribution >= 4 is 27.8 Å². The molecule has 0 saturated heterocycles. The first kappa shape index (κ1) is 26.6. The minimum atomic E-state index is -4.02. The molecule has 0 aliphatic carbocycles. The summed E-state index contributed by atoms with van der Waals surface area (Å²) in [6.07, 6.45) is 2.30. The maximum absolute atomic E-state index is 13.3. The van der Waals surface area contributed by atoms with E-state index in [0.29, 0.717) is 35.1 Å². The van der Waals surface area contributed by atoms with Gasteiger partial charge < -0.3 is 14.2 Å². The summed E-state index contributed by atoms with van der Waals surface area (Å²) in [6, 6.07) is 19.6. The number of hydrogen-bond donors (Lipinski definition) is 1. The first-order chi connectivity index (χ1) is 17.4. The highest BCUT2D eigenvalue weighted by molar-refractivity contribution is 7.92. The lowest BCUT2D eigenvalue weighted by Gasteiger charge is -2.23. The van der Waals surface area contributed by atoms with Crippen molar-refractivity contribution in [1.29, 1.82) is 0 Å². The molecule has 0 radical (unpaired) electrons. The van der Waals surface area contributed by atoms with Gasteiger partial charge in [-0.2, -0.15) is 5.10 Å². The Morgan fingerprint density at radius 1 is 0.972 bits per heavy atom. The summed E-state index contributed by atoms with van der Waals surface area (Å²) in [6.45, 7) is 2.10. The summed E-state index contributed by atoms with van der Waals surface area (Å²) in [5, 5.41) is 3.98. The number of rotatable bonds is 12. The molecule has 3 aromatic rings. The van der Waals surface area contributed by atoms with Crippen molar-refractivity contribution in [1.82, 2.24) is 5.43 Å². The largest absolute Gasteiger partial charge is 0.497 e. The van der Waals surface area contributed by atoms with Crippen molar-refractivity contribution in [3.05, 3.63) is 78.4 Å². The lowest BCUT2D eigenvalue weighted by Crippen LogP contribution is -2.39. The van der Waals surface area contributed by atoms with Gasteiger partial charge in [-0.25, -0.2) is 13.8 Å². The van der Waals surface area contributed by atoms with Gasteiger partial charge in [0.25, 0.3) is 15.9 Å². The van der Waals surface area contributed by atoms with Gasteiger partial charge in [-0.05, 0) is 66.6 Å². The van der Waals surface area contributed by atoms with E-state index in [1.807, 2.05) is 6.92 Å². The third-order valence-electron chi connectivity index (χ3n) is 5.03. The first-order valence-corrected chi connectivity index (χ1v) is 12.7. The zero-order valence-electron chi connectivity index (χ0n) is 20.4. The molecular formula is C26H29N3O6S. The Kier molecular flexibility index (Phi) is 9.29. The Morgan fingerprint density at radius 3 is 2.33 bits per heavy atom. The van der Waals surface area contributed by atoms with E-state index in [9.17, 15) is 13.2 Å². The Hall–Kier alpha value is -4.05. The van der Waals surface area contributed by atoms with E-state index < -0.39 is 22.5 Å². The molecule has 0 heterocycles. The zero-order valence-corrected chi connectivity index (χ0v) is 21.2. The van der Waals surface area contributed by atoms with Crippen molar-refractivity contribution in [2.45, 2.75) is 18.2 Å². The third kappa shape index (κ3) is 6.76. The summed E-state index contributed by atoms with van der Waals surface area (Å²) in [4.78, 5) is 12.8. The summed E-state index contributed by atoms with van der Waals surface area (Å²) >= 11 is 0. The molecule has 0 fully saturated rings. The van der Waals surface area contributed by atoms with Crippen LogP contribution in [0.1, 0.15) is 18.9 Å². The second-order valence-corrected chi connectivity index (χ2v) is 9.44. The number of nitrogens with zero attached hydrogens (tertiary/aromatic N) is 2. The molecule has 0 aromatic heterocycles. The number of amides is 1. The van der Waals surface area contributed by atoms with E-state index in [4.69, 9.17) is 14.2 Å². The SMILES string of the molecule is CCCOc1ccc(C=NNC(=O)CN(c2ccc(OC)cc2)S(=O)(=O)c2ccccc2)cc1OC. The van der Waals surface area contributed by atoms with Crippen LogP contribution in [0.15, 0.2) is 82.8 Å². The molecule has 0 aliphatic heterocycles. The molecule has 190 valence electrons. The third-order valence-corrected chi connectivity index (χ3v) is 6.82. The average Bonchev–Trinajstić information content (AvgIpc) is 2.91. The number of ether oxygens (including phenoxy) is 3. The normalized spacial score (nSPS) is 11.2. The van der Waals surface area contributed by atoms with E-state index in [0.717, 1.165) is 10.7 Å². The Balaban J connectivity index is 1.77. The van der Waals surface area contributed by atoms with Gasteiger partial charge in [-0.15, -0.1) is 0 Å². The molecule has 0 atom stereocenters. The monoisotopic (exact) mass is 511 g/mol. The summed E-state index contributed by atoms with van der Waals surface area (Å²) in [7, 11) is -0.964. The fourth-order valence-electron chi connectivity index (χ4n) is 3.22. The molecule has 1 N–H and O–H groups in total. The highest BCUT2D eigenvalue weighted by Gasteiger charge is 2.27. The predicted octanol–water partition coefficient (Wildman–Crippen LogP) is 3.84. The van der Waals surface area contributed by atoms with E-state index in [2.05, 4.69) is 10.5 Å². The highest BCUT2D eigenvalue weighted by atomic mass is 32.2. The first-order valence-electron chi connectivity index (χ1n) is 11.2. The van der Waals surface area contributed by atoms with Gasteiger partial charge in [-0.1, -0.05) is 25.1 Å². The fraction of sp³-hybridized carbons (Fsp3) is 0.231. The molecule has 9 nitrogen and oxygen atoms in total. The van der Waals surface area contributed by atoms with E-state index in [1.165, 1.54) is 32.6 Å². The second-order valence-electron chi connectivity index (χ2n) is 7.57. The maximum Gasteiger partial charge on any atom is 0.264 e. The summed E-state index contributed by atoms with van der Waals surface area (Å²) in [5.41, 5.74) is 3.37. The molecule has 0 saturated carbocycles. The van der Waals surface area contributed by atoms with Crippen LogP contribution in [0.25, 0.3) is 0 Å². The molecule has 3 aromatic carbocycles. The Bertz CT molecular complexity index is 1280. The second kappa shape index (κ2) is 12.6. The van der Waals surface area contributed by atoms with Gasteiger partial charge in [0.15, 0.2) is 11.5 Å². The smallest absolute Gasteiger partial charge is 0.264 e. The number of sulfonamides is 1. The van der Waals surface area contributed by atoms with Gasteiger partial charge in [0.05, 0.1) is 37.6 Å². The molecule has 3 rings (SSSR count). The molecule has 36 heavy (non-hydrogen) atoms. The van der Waals surface area contributed by atoms with Crippen molar-refractivity contribution in [2.24, 2.45) is 5.10 Å². The number of hydrogen-bond acceptors (Lipinski definition) is 7. The van der Waals surface area contributed by atoms with Crippen LogP contribution >= 0.6 is 0 Å². The van der Waals surface area contributed by atoms with Crippen LogP contribution in [0, 0.1) is 0 Å². The molecule has 0 aliphatic rings. The quantitative estimate of drug-likeness (QED) is 0.293. The molecule has 1 amide bonds. The number of methoxy groups -OCH3 is 2. The van der Waals surface area contributed by atoms with E-state index >= 15 is 0 Å². The van der Waals surface area contributed by atoms with Crippen LogP contribution in [0.2, 0.25) is 0 Å². The summed E-state index contributed by atoms with van der Waals surface area (Å²) < 4.78 is 43.9. The maximum atomic E-state index is 13.3. The van der Waals surface area contributed by atoms with Crippen molar-refractivity contribution in [2.75, 3.05) is 31.7 Å². The summed E-state index contributed by atoms with van der Waals surface area (Å²) in [5.74, 6) is 1.10. The van der Waals surface area contributed by atoms with Crippen LogP contribution < -0.4 is 23.9 Å². The van der Waals surface area contributed by atoms with Crippen LogP contribution in [-0.4, -0.2) is 47.9 Å². The van der Waals surface area contributed by atoms with Crippen molar-refractivity contribution < 1.29 is 27.4 Å². The van der Waals surface area contributed by atoms with Crippen molar-refractivity contribution in [3.8, 4) is 17.2 Å². The van der Waals surface area contributed by atoms with E-state index in [-0.39, 0.29) is 4.90 Å². The molecular weight excluding hydrogens is 482 g/mol. The predicted molar refractivity (Wildman–Crippen MR) is 138 cm³/mol. The number of nitrogens with one attached hydrogen (secondary N) is 1. The minimum Gasteiger partial charge on any atom is -0.497 e. The topological polar surface area (TPSA) is 107 Å². The van der Waals surface area contributed by atoms with Crippen LogP contribution in [-0.2, 0) is 14.8 Å². The van der Waals surface area contributed by atoms with Crippen LogP contribution in [0.3, 0.4) is 0 Å². The number of hydrazone groups is 1. The van der Waals surface area contributed by atoms with E-state index in [1.54, 1.807) is 60.7 Å². The van der Waals surface area contributed by atoms with Gasteiger partial charge in [0.1, 0.15) is 12.3 Å². The number of benzene rings is 3. The van der Waals surface area contributed by atoms with Crippen LogP contribution in [0.5, 0.6) is 17.2 Å². The molecule has 0 bridgehead atoms.